The lowest BCUT2D eigenvalue weighted by molar-refractivity contribution is -0.142. The molecule has 0 saturated carbocycles. The van der Waals surface area contributed by atoms with Crippen LogP contribution in [0.15, 0.2) is 18.2 Å². The van der Waals surface area contributed by atoms with E-state index < -0.39 is 23.4 Å². The van der Waals surface area contributed by atoms with E-state index in [1.807, 2.05) is 0 Å². The van der Waals surface area contributed by atoms with Crippen molar-refractivity contribution in [1.82, 2.24) is 4.90 Å². The smallest absolute Gasteiger partial charge is 0.313 e. The van der Waals surface area contributed by atoms with E-state index in [0.717, 1.165) is 12.1 Å². The largest absolute Gasteiger partial charge is 0.396 e. The van der Waals surface area contributed by atoms with Gasteiger partial charge in [-0.15, -0.1) is 0 Å². The fourth-order valence-electron chi connectivity index (χ4n) is 2.07. The predicted octanol–water partition coefficient (Wildman–Crippen LogP) is 0.744. The monoisotopic (exact) mass is 284 g/mol. The fraction of sp³-hybridized carbons (Fsp3) is 0.385. The molecule has 1 saturated heterocycles. The Morgan fingerprint density at radius 1 is 1.35 bits per heavy atom. The molecule has 1 aliphatic rings. The fourth-order valence-corrected chi connectivity index (χ4v) is 2.07. The van der Waals surface area contributed by atoms with Crippen molar-refractivity contribution < 1.29 is 23.5 Å². The van der Waals surface area contributed by atoms with E-state index >= 15 is 0 Å². The SMILES string of the molecule is O=C(Nc1ccc(F)c(F)c1)C(=O)N1CCC(CO)C1. The van der Waals surface area contributed by atoms with Crippen molar-refractivity contribution in [2.75, 3.05) is 25.0 Å². The number of nitrogens with zero attached hydrogens (tertiary/aromatic N) is 1. The van der Waals surface area contributed by atoms with Crippen LogP contribution in [0.1, 0.15) is 6.42 Å². The summed E-state index contributed by atoms with van der Waals surface area (Å²) in [6.07, 6.45) is 0.640. The molecule has 2 amide bonds. The van der Waals surface area contributed by atoms with Crippen molar-refractivity contribution in [2.24, 2.45) is 5.92 Å². The molecule has 1 fully saturated rings. The van der Waals surface area contributed by atoms with Crippen LogP contribution < -0.4 is 5.32 Å². The zero-order chi connectivity index (χ0) is 14.7. The van der Waals surface area contributed by atoms with Gasteiger partial charge >= 0.3 is 11.8 Å². The lowest BCUT2D eigenvalue weighted by Crippen LogP contribution is -2.38. The molecule has 0 spiro atoms. The van der Waals surface area contributed by atoms with E-state index in [1.165, 1.54) is 11.0 Å². The highest BCUT2D eigenvalue weighted by Crippen LogP contribution is 2.17. The van der Waals surface area contributed by atoms with Gasteiger partial charge in [0.1, 0.15) is 0 Å². The number of benzene rings is 1. The molecule has 108 valence electrons. The van der Waals surface area contributed by atoms with Crippen LogP contribution in [0.25, 0.3) is 0 Å². The molecule has 1 aliphatic heterocycles. The summed E-state index contributed by atoms with van der Waals surface area (Å²) in [4.78, 5) is 24.9. The summed E-state index contributed by atoms with van der Waals surface area (Å²) in [5, 5.41) is 11.2. The lowest BCUT2D eigenvalue weighted by atomic mass is 10.1. The zero-order valence-electron chi connectivity index (χ0n) is 10.6. The number of likely N-dealkylation sites (tertiary alicyclic amines) is 1. The number of rotatable bonds is 2. The molecule has 2 rings (SSSR count). The number of aliphatic hydroxyl groups excluding tert-OH is 1. The predicted molar refractivity (Wildman–Crippen MR) is 66.8 cm³/mol. The second-order valence-corrected chi connectivity index (χ2v) is 4.67. The Hall–Kier alpha value is -2.02. The molecule has 1 heterocycles. The number of carbonyl (C=O) groups is 2. The van der Waals surface area contributed by atoms with Crippen LogP contribution >= 0.6 is 0 Å². The van der Waals surface area contributed by atoms with Gasteiger partial charge in [0.05, 0.1) is 0 Å². The van der Waals surface area contributed by atoms with Crippen LogP contribution in [-0.2, 0) is 9.59 Å². The number of halogens is 2. The summed E-state index contributed by atoms with van der Waals surface area (Å²) in [6.45, 7) is 0.685. The first-order valence-corrected chi connectivity index (χ1v) is 6.17. The molecule has 1 atom stereocenters. The second kappa shape index (κ2) is 5.96. The van der Waals surface area contributed by atoms with Crippen LogP contribution in [0.2, 0.25) is 0 Å². The van der Waals surface area contributed by atoms with Crippen LogP contribution in [0, 0.1) is 17.6 Å². The highest BCUT2D eigenvalue weighted by Gasteiger charge is 2.29. The van der Waals surface area contributed by atoms with Gasteiger partial charge < -0.3 is 15.3 Å². The number of nitrogens with one attached hydrogen (secondary N) is 1. The molecule has 7 heteroatoms. The molecule has 20 heavy (non-hydrogen) atoms. The Balaban J connectivity index is 1.97. The molecule has 2 N–H and O–H groups in total. The topological polar surface area (TPSA) is 69.6 Å². The summed E-state index contributed by atoms with van der Waals surface area (Å²) in [5.41, 5.74) is 0.0140. The van der Waals surface area contributed by atoms with E-state index in [0.29, 0.717) is 19.5 Å². The maximum Gasteiger partial charge on any atom is 0.313 e. The third-order valence-electron chi connectivity index (χ3n) is 3.20. The van der Waals surface area contributed by atoms with Gasteiger partial charge in [-0.05, 0) is 18.6 Å². The maximum atomic E-state index is 13.0. The summed E-state index contributed by atoms with van der Waals surface area (Å²) in [5.74, 6) is -3.80. The number of anilines is 1. The van der Waals surface area contributed by atoms with Gasteiger partial charge in [-0.25, -0.2) is 8.78 Å². The van der Waals surface area contributed by atoms with Gasteiger partial charge in [0.15, 0.2) is 11.6 Å². The van der Waals surface area contributed by atoms with E-state index in [9.17, 15) is 18.4 Å². The first kappa shape index (κ1) is 14.4. The zero-order valence-corrected chi connectivity index (χ0v) is 10.6. The number of amides is 2. The Morgan fingerprint density at radius 2 is 2.10 bits per heavy atom. The third kappa shape index (κ3) is 3.11. The molecule has 0 aliphatic carbocycles. The maximum absolute atomic E-state index is 13.0. The quantitative estimate of drug-likeness (QED) is 0.787. The second-order valence-electron chi connectivity index (χ2n) is 4.67. The highest BCUT2D eigenvalue weighted by atomic mass is 19.2. The molecule has 5 nitrogen and oxygen atoms in total. The summed E-state index contributed by atoms with van der Waals surface area (Å²) < 4.78 is 25.7. The average Bonchev–Trinajstić information content (AvgIpc) is 2.91. The minimum atomic E-state index is -1.10. The van der Waals surface area contributed by atoms with E-state index in [4.69, 9.17) is 5.11 Å². The Bertz CT molecular complexity index is 536. The van der Waals surface area contributed by atoms with Gasteiger partial charge in [-0.2, -0.15) is 0 Å². The van der Waals surface area contributed by atoms with Crippen molar-refractivity contribution in [2.45, 2.75) is 6.42 Å². The molecule has 1 aromatic rings. The molecule has 1 unspecified atom stereocenters. The van der Waals surface area contributed by atoms with Crippen molar-refractivity contribution in [1.29, 1.82) is 0 Å². The van der Waals surface area contributed by atoms with Crippen molar-refractivity contribution in [3.05, 3.63) is 29.8 Å². The van der Waals surface area contributed by atoms with Gasteiger partial charge in [-0.3, -0.25) is 9.59 Å². The summed E-state index contributed by atoms with van der Waals surface area (Å²) >= 11 is 0. The van der Waals surface area contributed by atoms with Crippen LogP contribution in [0.4, 0.5) is 14.5 Å². The Morgan fingerprint density at radius 3 is 2.70 bits per heavy atom. The van der Waals surface area contributed by atoms with E-state index in [1.54, 1.807) is 0 Å². The Labute approximate surface area is 114 Å². The van der Waals surface area contributed by atoms with Gasteiger partial charge in [-0.1, -0.05) is 0 Å². The van der Waals surface area contributed by atoms with Crippen LogP contribution in [0.3, 0.4) is 0 Å². The number of hydrogen-bond acceptors (Lipinski definition) is 3. The average molecular weight is 284 g/mol. The van der Waals surface area contributed by atoms with Crippen molar-refractivity contribution in [3.63, 3.8) is 0 Å². The van der Waals surface area contributed by atoms with E-state index in [2.05, 4.69) is 5.32 Å². The van der Waals surface area contributed by atoms with Gasteiger partial charge in [0.25, 0.3) is 0 Å². The molecular weight excluding hydrogens is 270 g/mol. The van der Waals surface area contributed by atoms with Crippen molar-refractivity contribution >= 4 is 17.5 Å². The third-order valence-corrected chi connectivity index (χ3v) is 3.20. The minimum absolute atomic E-state index is 0.0140. The minimum Gasteiger partial charge on any atom is -0.396 e. The molecule has 1 aromatic carbocycles. The Kier molecular flexibility index (Phi) is 4.29. The molecule has 0 bridgehead atoms. The number of hydrogen-bond donors (Lipinski definition) is 2. The lowest BCUT2D eigenvalue weighted by Gasteiger charge is -2.15. The standard InChI is InChI=1S/C13H14F2N2O3/c14-10-2-1-9(5-11(10)15)16-12(19)13(20)17-4-3-8(6-17)7-18/h1-2,5,8,18H,3-4,6-7H2,(H,16,19). The molecular formula is C13H14F2N2O3. The summed E-state index contributed by atoms with van der Waals surface area (Å²) in [6, 6.07) is 2.85. The highest BCUT2D eigenvalue weighted by molar-refractivity contribution is 6.39. The van der Waals surface area contributed by atoms with Crippen LogP contribution in [0.5, 0.6) is 0 Å². The molecule has 0 aromatic heterocycles. The van der Waals surface area contributed by atoms with Gasteiger partial charge in [0, 0.05) is 37.4 Å². The van der Waals surface area contributed by atoms with E-state index in [-0.39, 0.29) is 18.2 Å². The first-order valence-electron chi connectivity index (χ1n) is 6.17. The molecule has 0 radical (unpaired) electrons. The van der Waals surface area contributed by atoms with Crippen LogP contribution in [-0.4, -0.2) is 41.5 Å². The number of carbonyl (C=O) groups excluding carboxylic acids is 2. The van der Waals surface area contributed by atoms with Crippen molar-refractivity contribution in [3.8, 4) is 0 Å². The van der Waals surface area contributed by atoms with Gasteiger partial charge in [0.2, 0.25) is 0 Å². The normalized spacial score (nSPS) is 18.1. The number of aliphatic hydroxyl groups is 1. The first-order chi connectivity index (χ1) is 9.51. The summed E-state index contributed by atoms with van der Waals surface area (Å²) in [7, 11) is 0.